The Kier molecular flexibility index (Phi) is 5.08. The number of hydrogen-bond acceptors (Lipinski definition) is 3. The summed E-state index contributed by atoms with van der Waals surface area (Å²) < 4.78 is 18.6. The molecule has 3 N–H and O–H groups in total. The van der Waals surface area contributed by atoms with Crippen molar-refractivity contribution in [1.29, 1.82) is 0 Å². The van der Waals surface area contributed by atoms with Gasteiger partial charge in [-0.15, -0.1) is 0 Å². The van der Waals surface area contributed by atoms with Gasteiger partial charge in [-0.2, -0.15) is 0 Å². The predicted octanol–water partition coefficient (Wildman–Crippen LogP) is 3.74. The van der Waals surface area contributed by atoms with Gasteiger partial charge >= 0.3 is 0 Å². The first-order chi connectivity index (χ1) is 13.6. The van der Waals surface area contributed by atoms with Crippen molar-refractivity contribution in [3.63, 3.8) is 0 Å². The monoisotopic (exact) mass is 377 g/mol. The summed E-state index contributed by atoms with van der Waals surface area (Å²) in [6, 6.07) is 21.6. The SMILES string of the molecule is COc1ccc(C2=N[C@@H](c3ccc(F)cc3)[NH2+][C@@H](c3ccccc3O)C2)cc1. The van der Waals surface area contributed by atoms with E-state index in [0.717, 1.165) is 28.2 Å². The van der Waals surface area contributed by atoms with Crippen LogP contribution in [0, 0.1) is 5.82 Å². The molecule has 0 aromatic heterocycles. The predicted molar refractivity (Wildman–Crippen MR) is 106 cm³/mol. The maximum atomic E-state index is 13.4. The molecule has 0 amide bonds. The minimum absolute atomic E-state index is 0.00542. The minimum Gasteiger partial charge on any atom is -0.507 e. The van der Waals surface area contributed by atoms with E-state index in [-0.39, 0.29) is 23.8 Å². The molecule has 5 heteroatoms. The van der Waals surface area contributed by atoms with E-state index in [4.69, 9.17) is 9.73 Å². The van der Waals surface area contributed by atoms with Crippen molar-refractivity contribution in [3.05, 3.63) is 95.3 Å². The molecule has 1 aliphatic heterocycles. The van der Waals surface area contributed by atoms with E-state index in [1.165, 1.54) is 12.1 Å². The van der Waals surface area contributed by atoms with Crippen molar-refractivity contribution in [3.8, 4) is 11.5 Å². The second kappa shape index (κ2) is 7.82. The molecule has 3 aromatic carbocycles. The number of aromatic hydroxyl groups is 1. The molecule has 3 aromatic rings. The molecule has 4 rings (SSSR count). The zero-order chi connectivity index (χ0) is 19.5. The smallest absolute Gasteiger partial charge is 0.206 e. The van der Waals surface area contributed by atoms with Crippen LogP contribution in [-0.2, 0) is 0 Å². The lowest BCUT2D eigenvalue weighted by Crippen LogP contribution is -2.87. The van der Waals surface area contributed by atoms with Crippen LogP contribution in [-0.4, -0.2) is 17.9 Å². The number of rotatable bonds is 4. The van der Waals surface area contributed by atoms with Crippen molar-refractivity contribution in [1.82, 2.24) is 0 Å². The molecule has 28 heavy (non-hydrogen) atoms. The number of phenols is 1. The van der Waals surface area contributed by atoms with Crippen LogP contribution in [0.15, 0.2) is 77.8 Å². The third kappa shape index (κ3) is 3.75. The van der Waals surface area contributed by atoms with E-state index in [1.54, 1.807) is 25.3 Å². The highest BCUT2D eigenvalue weighted by molar-refractivity contribution is 6.01. The van der Waals surface area contributed by atoms with Gasteiger partial charge < -0.3 is 15.2 Å². The van der Waals surface area contributed by atoms with Crippen molar-refractivity contribution in [2.75, 3.05) is 7.11 Å². The Labute approximate surface area is 163 Å². The molecule has 0 saturated heterocycles. The molecule has 0 saturated carbocycles. The first kappa shape index (κ1) is 18.2. The normalized spacial score (nSPS) is 19.1. The number of nitrogens with two attached hydrogens (primary N) is 1. The van der Waals surface area contributed by atoms with Crippen LogP contribution in [0.25, 0.3) is 0 Å². The van der Waals surface area contributed by atoms with Gasteiger partial charge in [-0.1, -0.05) is 12.1 Å². The van der Waals surface area contributed by atoms with Crippen LogP contribution >= 0.6 is 0 Å². The minimum atomic E-state index is -0.267. The van der Waals surface area contributed by atoms with E-state index in [2.05, 4.69) is 5.32 Å². The van der Waals surface area contributed by atoms with E-state index in [0.29, 0.717) is 6.42 Å². The quantitative estimate of drug-likeness (QED) is 0.728. The Morgan fingerprint density at radius 1 is 1.00 bits per heavy atom. The van der Waals surface area contributed by atoms with Crippen LogP contribution in [0.2, 0.25) is 0 Å². The Morgan fingerprint density at radius 2 is 1.71 bits per heavy atom. The number of methoxy groups -OCH3 is 1. The highest BCUT2D eigenvalue weighted by atomic mass is 19.1. The maximum Gasteiger partial charge on any atom is 0.206 e. The first-order valence-electron chi connectivity index (χ1n) is 9.23. The van der Waals surface area contributed by atoms with Gasteiger partial charge in [0.2, 0.25) is 6.17 Å². The van der Waals surface area contributed by atoms with Gasteiger partial charge in [0.15, 0.2) is 0 Å². The van der Waals surface area contributed by atoms with Gasteiger partial charge in [-0.3, -0.25) is 0 Å². The van der Waals surface area contributed by atoms with Crippen molar-refractivity contribution in [2.24, 2.45) is 4.99 Å². The molecule has 1 heterocycles. The van der Waals surface area contributed by atoms with Crippen LogP contribution < -0.4 is 10.1 Å². The fourth-order valence-electron chi connectivity index (χ4n) is 3.60. The number of phenolic OH excluding ortho intramolecular Hbond substituents is 1. The average molecular weight is 377 g/mol. The van der Waals surface area contributed by atoms with Crippen LogP contribution in [0.5, 0.6) is 11.5 Å². The molecule has 0 unspecified atom stereocenters. The van der Waals surface area contributed by atoms with E-state index >= 15 is 0 Å². The third-order valence-corrected chi connectivity index (χ3v) is 5.09. The molecule has 0 spiro atoms. The number of ether oxygens (including phenoxy) is 1. The Hall–Kier alpha value is -3.18. The topological polar surface area (TPSA) is 58.4 Å². The van der Waals surface area contributed by atoms with Gasteiger partial charge in [0.25, 0.3) is 0 Å². The van der Waals surface area contributed by atoms with Crippen LogP contribution in [0.4, 0.5) is 4.39 Å². The number of hydrogen-bond donors (Lipinski definition) is 2. The van der Waals surface area contributed by atoms with Crippen molar-refractivity contribution < 1.29 is 19.6 Å². The number of halogens is 1. The third-order valence-electron chi connectivity index (χ3n) is 5.09. The zero-order valence-electron chi connectivity index (χ0n) is 15.5. The zero-order valence-corrected chi connectivity index (χ0v) is 15.5. The molecule has 0 bridgehead atoms. The number of quaternary nitrogens is 1. The summed E-state index contributed by atoms with van der Waals surface area (Å²) in [6.07, 6.45) is 0.470. The molecule has 2 atom stereocenters. The second-order valence-electron chi connectivity index (χ2n) is 6.86. The lowest BCUT2D eigenvalue weighted by molar-refractivity contribution is -0.735. The molecule has 0 aliphatic carbocycles. The number of benzene rings is 3. The van der Waals surface area contributed by atoms with E-state index in [9.17, 15) is 9.50 Å². The van der Waals surface area contributed by atoms with Crippen molar-refractivity contribution >= 4 is 5.71 Å². The summed E-state index contributed by atoms with van der Waals surface area (Å²) in [4.78, 5) is 4.93. The second-order valence-corrected chi connectivity index (χ2v) is 6.86. The molecule has 4 nitrogen and oxygen atoms in total. The summed E-state index contributed by atoms with van der Waals surface area (Å²) >= 11 is 0. The summed E-state index contributed by atoms with van der Waals surface area (Å²) in [5.41, 5.74) is 3.76. The highest BCUT2D eigenvalue weighted by Gasteiger charge is 2.31. The number of nitrogens with zero attached hydrogens (tertiary/aromatic N) is 1. The van der Waals surface area contributed by atoms with Crippen LogP contribution in [0.1, 0.15) is 35.3 Å². The standard InChI is InChI=1S/C23H21FN2O2/c1-28-18-12-8-15(9-13-18)20-14-21(19-4-2-3-5-22(19)27)26-23(25-20)16-6-10-17(24)11-7-16/h2-13,21,23,26-27H,14H2,1H3/p+1/t21-,23-/m1/s1. The largest absolute Gasteiger partial charge is 0.507 e. The molecular weight excluding hydrogens is 355 g/mol. The average Bonchev–Trinajstić information content (AvgIpc) is 2.74. The van der Waals surface area contributed by atoms with Gasteiger partial charge in [0, 0.05) is 12.0 Å². The summed E-state index contributed by atoms with van der Waals surface area (Å²) in [5, 5.41) is 12.5. The van der Waals surface area contributed by atoms with E-state index < -0.39 is 0 Å². The van der Waals surface area contributed by atoms with Gasteiger partial charge in [0.05, 0.1) is 18.4 Å². The molecule has 1 aliphatic rings. The molecule has 142 valence electrons. The lowest BCUT2D eigenvalue weighted by Gasteiger charge is -2.27. The first-order valence-corrected chi connectivity index (χ1v) is 9.23. The fourth-order valence-corrected chi connectivity index (χ4v) is 3.60. The molecule has 0 fully saturated rings. The van der Waals surface area contributed by atoms with Crippen molar-refractivity contribution in [2.45, 2.75) is 18.6 Å². The van der Waals surface area contributed by atoms with Crippen LogP contribution in [0.3, 0.4) is 0 Å². The molecular formula is C23H22FN2O2+. The highest BCUT2D eigenvalue weighted by Crippen LogP contribution is 2.29. The van der Waals surface area contributed by atoms with Gasteiger partial charge in [-0.25, -0.2) is 9.38 Å². The molecule has 0 radical (unpaired) electrons. The summed E-state index contributed by atoms with van der Waals surface area (Å²) in [7, 11) is 1.64. The number of aliphatic imine (C=N–C) groups is 1. The summed E-state index contributed by atoms with van der Waals surface area (Å²) in [5.74, 6) is 0.799. The lowest BCUT2D eigenvalue weighted by atomic mass is 9.93. The maximum absolute atomic E-state index is 13.4. The van der Waals surface area contributed by atoms with Gasteiger partial charge in [-0.05, 0) is 66.2 Å². The van der Waals surface area contributed by atoms with Gasteiger partial charge in [0.1, 0.15) is 23.4 Å². The fraction of sp³-hybridized carbons (Fsp3) is 0.174. The Bertz CT molecular complexity index is 984. The Balaban J connectivity index is 1.73. The Morgan fingerprint density at radius 3 is 2.39 bits per heavy atom. The summed E-state index contributed by atoms with van der Waals surface area (Å²) in [6.45, 7) is 0. The number of para-hydroxylation sites is 1. The van der Waals surface area contributed by atoms with E-state index in [1.807, 2.05) is 42.5 Å².